The van der Waals surface area contributed by atoms with Crippen LogP contribution in [-0.4, -0.2) is 23.8 Å². The molecule has 1 unspecified atom stereocenters. The Morgan fingerprint density at radius 1 is 1.58 bits per heavy atom. The van der Waals surface area contributed by atoms with E-state index in [9.17, 15) is 4.79 Å². The summed E-state index contributed by atoms with van der Waals surface area (Å²) in [7, 11) is 0. The molecular formula is C9H14O3. The van der Waals surface area contributed by atoms with Crippen molar-refractivity contribution >= 4 is 5.97 Å². The van der Waals surface area contributed by atoms with Crippen LogP contribution in [-0.2, 0) is 9.53 Å². The van der Waals surface area contributed by atoms with E-state index in [1.807, 2.05) is 0 Å². The van der Waals surface area contributed by atoms with Crippen molar-refractivity contribution < 1.29 is 14.6 Å². The summed E-state index contributed by atoms with van der Waals surface area (Å²) < 4.78 is 5.37. The monoisotopic (exact) mass is 170 g/mol. The molecule has 1 saturated heterocycles. The van der Waals surface area contributed by atoms with E-state index in [1.165, 1.54) is 0 Å². The molecule has 3 heteroatoms. The Morgan fingerprint density at radius 3 is 2.83 bits per heavy atom. The van der Waals surface area contributed by atoms with E-state index >= 15 is 0 Å². The van der Waals surface area contributed by atoms with Crippen LogP contribution in [0.4, 0.5) is 0 Å². The summed E-state index contributed by atoms with van der Waals surface area (Å²) >= 11 is 0. The molecule has 0 saturated carbocycles. The molecule has 0 aliphatic carbocycles. The van der Waals surface area contributed by atoms with Gasteiger partial charge in [0, 0.05) is 18.6 Å². The molecule has 0 aromatic rings. The van der Waals surface area contributed by atoms with Gasteiger partial charge in [-0.3, -0.25) is 0 Å². The highest BCUT2D eigenvalue weighted by Crippen LogP contribution is 2.18. The zero-order valence-corrected chi connectivity index (χ0v) is 7.08. The molecular weight excluding hydrogens is 156 g/mol. The van der Waals surface area contributed by atoms with Crippen molar-refractivity contribution in [2.75, 3.05) is 6.61 Å². The number of ether oxygens (including phenoxy) is 1. The maximum Gasteiger partial charge on any atom is 0.331 e. The van der Waals surface area contributed by atoms with E-state index in [1.54, 1.807) is 0 Å². The van der Waals surface area contributed by atoms with E-state index in [0.717, 1.165) is 25.9 Å². The summed E-state index contributed by atoms with van der Waals surface area (Å²) in [6, 6.07) is 0. The zero-order chi connectivity index (χ0) is 8.97. The van der Waals surface area contributed by atoms with Crippen molar-refractivity contribution in [1.29, 1.82) is 0 Å². The number of carbonyl (C=O) groups is 1. The average Bonchev–Trinajstić information content (AvgIpc) is 2.06. The maximum absolute atomic E-state index is 10.4. The molecule has 1 heterocycles. The molecule has 1 aliphatic heterocycles. The van der Waals surface area contributed by atoms with Crippen LogP contribution < -0.4 is 0 Å². The number of aliphatic carboxylic acids is 1. The van der Waals surface area contributed by atoms with Gasteiger partial charge in [-0.2, -0.15) is 0 Å². The number of carboxylic acid groups (broad SMARTS) is 1. The van der Waals surface area contributed by atoms with Gasteiger partial charge in [-0.1, -0.05) is 6.58 Å². The first-order valence-electron chi connectivity index (χ1n) is 4.23. The second kappa shape index (κ2) is 4.26. The summed E-state index contributed by atoms with van der Waals surface area (Å²) in [6.07, 6.45) is 3.75. The maximum atomic E-state index is 10.4. The first-order chi connectivity index (χ1) is 5.70. The number of rotatable bonds is 3. The highest BCUT2D eigenvalue weighted by molar-refractivity contribution is 5.85. The Balaban J connectivity index is 2.29. The standard InChI is InChI=1S/C9H14O3/c1-7(9(10)11)6-8-4-2-3-5-12-8/h8H,1-6H2,(H,10,11). The van der Waals surface area contributed by atoms with Crippen molar-refractivity contribution in [1.82, 2.24) is 0 Å². The number of hydrogen-bond donors (Lipinski definition) is 1. The second-order valence-electron chi connectivity index (χ2n) is 3.10. The largest absolute Gasteiger partial charge is 0.478 e. The molecule has 0 aromatic carbocycles. The molecule has 1 N–H and O–H groups in total. The minimum absolute atomic E-state index is 0.0855. The van der Waals surface area contributed by atoms with Gasteiger partial charge in [0.25, 0.3) is 0 Å². The molecule has 0 spiro atoms. The van der Waals surface area contributed by atoms with Crippen LogP contribution in [0, 0.1) is 0 Å². The van der Waals surface area contributed by atoms with Gasteiger partial charge >= 0.3 is 5.97 Å². The third-order valence-corrected chi connectivity index (χ3v) is 2.05. The van der Waals surface area contributed by atoms with Crippen LogP contribution in [0.25, 0.3) is 0 Å². The smallest absolute Gasteiger partial charge is 0.331 e. The van der Waals surface area contributed by atoms with Gasteiger partial charge < -0.3 is 9.84 Å². The Labute approximate surface area is 72.0 Å². The Bertz CT molecular complexity index is 180. The van der Waals surface area contributed by atoms with Crippen LogP contribution in [0.2, 0.25) is 0 Å². The second-order valence-corrected chi connectivity index (χ2v) is 3.10. The predicted molar refractivity (Wildman–Crippen MR) is 45.0 cm³/mol. The molecule has 0 bridgehead atoms. The number of hydrogen-bond acceptors (Lipinski definition) is 2. The summed E-state index contributed by atoms with van der Waals surface area (Å²) in [5.74, 6) is -0.913. The highest BCUT2D eigenvalue weighted by Gasteiger charge is 2.17. The van der Waals surface area contributed by atoms with Gasteiger partial charge in [0.1, 0.15) is 0 Å². The molecule has 1 rings (SSSR count). The van der Waals surface area contributed by atoms with Crippen LogP contribution in [0.1, 0.15) is 25.7 Å². The van der Waals surface area contributed by atoms with Crippen molar-refractivity contribution in [3.63, 3.8) is 0 Å². The molecule has 0 amide bonds. The van der Waals surface area contributed by atoms with Gasteiger partial charge in [-0.05, 0) is 19.3 Å². The molecule has 12 heavy (non-hydrogen) atoms. The van der Waals surface area contributed by atoms with E-state index in [-0.39, 0.29) is 11.7 Å². The van der Waals surface area contributed by atoms with E-state index in [4.69, 9.17) is 9.84 Å². The first-order valence-corrected chi connectivity index (χ1v) is 4.23. The predicted octanol–water partition coefficient (Wildman–Crippen LogP) is 1.59. The SMILES string of the molecule is C=C(CC1CCCCO1)C(=O)O. The lowest BCUT2D eigenvalue weighted by atomic mass is 10.0. The van der Waals surface area contributed by atoms with Gasteiger partial charge in [-0.25, -0.2) is 4.79 Å². The zero-order valence-electron chi connectivity index (χ0n) is 7.08. The Kier molecular flexibility index (Phi) is 3.29. The fraction of sp³-hybridized carbons (Fsp3) is 0.667. The van der Waals surface area contributed by atoms with Gasteiger partial charge in [-0.15, -0.1) is 0 Å². The van der Waals surface area contributed by atoms with Crippen LogP contribution >= 0.6 is 0 Å². The van der Waals surface area contributed by atoms with Crippen LogP contribution in [0.3, 0.4) is 0 Å². The van der Waals surface area contributed by atoms with Gasteiger partial charge in [0.15, 0.2) is 0 Å². The van der Waals surface area contributed by atoms with E-state index < -0.39 is 5.97 Å². The quantitative estimate of drug-likeness (QED) is 0.654. The Hall–Kier alpha value is -0.830. The molecule has 68 valence electrons. The van der Waals surface area contributed by atoms with Crippen molar-refractivity contribution in [2.45, 2.75) is 31.8 Å². The topological polar surface area (TPSA) is 46.5 Å². The molecule has 1 fully saturated rings. The summed E-state index contributed by atoms with van der Waals surface area (Å²) in [5.41, 5.74) is 0.252. The average molecular weight is 170 g/mol. The lowest BCUT2D eigenvalue weighted by Crippen LogP contribution is -2.20. The van der Waals surface area contributed by atoms with Gasteiger partial charge in [0.05, 0.1) is 6.10 Å². The fourth-order valence-electron chi connectivity index (χ4n) is 1.33. The van der Waals surface area contributed by atoms with Crippen molar-refractivity contribution in [3.8, 4) is 0 Å². The summed E-state index contributed by atoms with van der Waals surface area (Å²) in [6.45, 7) is 4.23. The Morgan fingerprint density at radius 2 is 2.33 bits per heavy atom. The van der Waals surface area contributed by atoms with Crippen molar-refractivity contribution in [3.05, 3.63) is 12.2 Å². The third kappa shape index (κ3) is 2.66. The summed E-state index contributed by atoms with van der Waals surface area (Å²) in [5, 5.41) is 8.56. The molecule has 3 nitrogen and oxygen atoms in total. The molecule has 0 aromatic heterocycles. The summed E-state index contributed by atoms with van der Waals surface area (Å²) in [4.78, 5) is 10.4. The molecule has 1 aliphatic rings. The highest BCUT2D eigenvalue weighted by atomic mass is 16.5. The molecule has 0 radical (unpaired) electrons. The van der Waals surface area contributed by atoms with E-state index in [0.29, 0.717) is 6.42 Å². The molecule has 1 atom stereocenters. The lowest BCUT2D eigenvalue weighted by molar-refractivity contribution is -0.133. The van der Waals surface area contributed by atoms with Crippen LogP contribution in [0.5, 0.6) is 0 Å². The number of carboxylic acids is 1. The van der Waals surface area contributed by atoms with Crippen LogP contribution in [0.15, 0.2) is 12.2 Å². The van der Waals surface area contributed by atoms with E-state index in [2.05, 4.69) is 6.58 Å². The minimum Gasteiger partial charge on any atom is -0.478 e. The normalized spacial score (nSPS) is 23.5. The lowest BCUT2D eigenvalue weighted by Gasteiger charge is -2.22. The third-order valence-electron chi connectivity index (χ3n) is 2.05. The minimum atomic E-state index is -0.913. The van der Waals surface area contributed by atoms with Crippen molar-refractivity contribution in [2.24, 2.45) is 0 Å². The first kappa shape index (κ1) is 9.26. The fourth-order valence-corrected chi connectivity index (χ4v) is 1.33. The van der Waals surface area contributed by atoms with Gasteiger partial charge in [0.2, 0.25) is 0 Å².